The van der Waals surface area contributed by atoms with Gasteiger partial charge in [-0.2, -0.15) is 0 Å². The summed E-state index contributed by atoms with van der Waals surface area (Å²) in [5, 5.41) is 5.79. The molecular formula is C18H32N4O3. The van der Waals surface area contributed by atoms with E-state index in [2.05, 4.69) is 22.5 Å². The lowest BCUT2D eigenvalue weighted by molar-refractivity contribution is -0.145. The molecule has 7 heteroatoms. The van der Waals surface area contributed by atoms with E-state index in [1.807, 2.05) is 13.8 Å². The first-order valence-electron chi connectivity index (χ1n) is 9.49. The maximum absolute atomic E-state index is 13.2. The summed E-state index contributed by atoms with van der Waals surface area (Å²) in [6.45, 7) is 9.70. The van der Waals surface area contributed by atoms with Crippen LogP contribution in [-0.4, -0.2) is 71.3 Å². The molecule has 0 bridgehead atoms. The molecule has 0 unspecified atom stereocenters. The second kappa shape index (κ2) is 8.65. The van der Waals surface area contributed by atoms with Crippen LogP contribution in [0, 0.1) is 0 Å². The maximum Gasteiger partial charge on any atom is 0.247 e. The molecule has 0 aromatic carbocycles. The van der Waals surface area contributed by atoms with Gasteiger partial charge in [0.1, 0.15) is 12.1 Å². The molecule has 2 heterocycles. The van der Waals surface area contributed by atoms with Crippen LogP contribution >= 0.6 is 0 Å². The second-order valence-electron chi connectivity index (χ2n) is 7.25. The van der Waals surface area contributed by atoms with Crippen molar-refractivity contribution < 1.29 is 14.4 Å². The van der Waals surface area contributed by atoms with Gasteiger partial charge in [-0.25, -0.2) is 0 Å². The van der Waals surface area contributed by atoms with Crippen LogP contribution in [0.3, 0.4) is 0 Å². The molecular weight excluding hydrogens is 320 g/mol. The quantitative estimate of drug-likeness (QED) is 0.755. The van der Waals surface area contributed by atoms with E-state index < -0.39 is 12.1 Å². The van der Waals surface area contributed by atoms with Crippen LogP contribution in [0.4, 0.5) is 0 Å². The number of hydrogen-bond acceptors (Lipinski definition) is 4. The molecule has 2 aliphatic heterocycles. The van der Waals surface area contributed by atoms with E-state index in [0.29, 0.717) is 13.0 Å². The zero-order chi connectivity index (χ0) is 18.6. The molecule has 4 atom stereocenters. The number of hydrogen-bond donors (Lipinski definition) is 2. The Morgan fingerprint density at radius 1 is 1.24 bits per heavy atom. The molecule has 0 spiro atoms. The number of nitrogens with one attached hydrogen (secondary N) is 2. The highest BCUT2D eigenvalue weighted by atomic mass is 16.2. The van der Waals surface area contributed by atoms with Crippen LogP contribution in [0.2, 0.25) is 0 Å². The van der Waals surface area contributed by atoms with E-state index >= 15 is 0 Å². The fourth-order valence-electron chi connectivity index (χ4n) is 3.78. The van der Waals surface area contributed by atoms with Crippen LogP contribution in [0.25, 0.3) is 0 Å². The minimum atomic E-state index is -0.586. The number of carbonyl (C=O) groups excluding carboxylic acids is 3. The lowest BCUT2D eigenvalue weighted by Crippen LogP contribution is -2.60. The van der Waals surface area contributed by atoms with Gasteiger partial charge in [0.25, 0.3) is 0 Å². The topological polar surface area (TPSA) is 81.8 Å². The third-order valence-corrected chi connectivity index (χ3v) is 5.40. The lowest BCUT2D eigenvalue weighted by Gasteiger charge is -2.38. The second-order valence-corrected chi connectivity index (χ2v) is 7.25. The summed E-state index contributed by atoms with van der Waals surface area (Å²) < 4.78 is 0. The highest BCUT2D eigenvalue weighted by molar-refractivity contribution is 5.92. The van der Waals surface area contributed by atoms with Gasteiger partial charge in [-0.15, -0.1) is 0 Å². The minimum Gasteiger partial charge on any atom is -0.352 e. The molecule has 2 saturated heterocycles. The van der Waals surface area contributed by atoms with Gasteiger partial charge in [-0.1, -0.05) is 13.8 Å². The van der Waals surface area contributed by atoms with E-state index in [4.69, 9.17) is 0 Å². The Balaban J connectivity index is 2.20. The van der Waals surface area contributed by atoms with Gasteiger partial charge in [0.05, 0.1) is 0 Å². The van der Waals surface area contributed by atoms with Gasteiger partial charge in [0, 0.05) is 32.1 Å². The molecule has 2 fully saturated rings. The van der Waals surface area contributed by atoms with Gasteiger partial charge in [-0.3, -0.25) is 14.4 Å². The van der Waals surface area contributed by atoms with Crippen molar-refractivity contribution in [2.24, 2.45) is 0 Å². The van der Waals surface area contributed by atoms with E-state index in [0.717, 1.165) is 32.4 Å². The number of nitrogens with zero attached hydrogens (tertiary/aromatic N) is 2. The average molecular weight is 352 g/mol. The highest BCUT2D eigenvalue weighted by Crippen LogP contribution is 2.29. The van der Waals surface area contributed by atoms with E-state index in [9.17, 15) is 14.4 Å². The number of likely N-dealkylation sites (N-methyl/N-ethyl adjacent to an activating group) is 1. The molecule has 2 rings (SSSR count). The fourth-order valence-corrected chi connectivity index (χ4v) is 3.78. The molecule has 0 aliphatic carbocycles. The lowest BCUT2D eigenvalue weighted by atomic mass is 10.1. The first-order chi connectivity index (χ1) is 11.9. The SMILES string of the molecule is CC[C@H](C)NC(=O)[C@@H]1CC[C@@H]2CCN(CC)C[C@H](NC(C)=O)C(=O)N21. The maximum atomic E-state index is 13.2. The number of fused-ring (bicyclic) bond motifs is 1. The summed E-state index contributed by atoms with van der Waals surface area (Å²) in [6.07, 6.45) is 3.27. The molecule has 7 nitrogen and oxygen atoms in total. The summed E-state index contributed by atoms with van der Waals surface area (Å²) >= 11 is 0. The van der Waals surface area contributed by atoms with E-state index in [1.54, 1.807) is 4.90 Å². The van der Waals surface area contributed by atoms with Crippen LogP contribution in [0.15, 0.2) is 0 Å². The van der Waals surface area contributed by atoms with Crippen molar-refractivity contribution in [3.8, 4) is 0 Å². The predicted octanol–water partition coefficient (Wildman–Crippen LogP) is 0.491. The molecule has 142 valence electrons. The number of amides is 3. The Kier molecular flexibility index (Phi) is 6.81. The Bertz CT molecular complexity index is 511. The standard InChI is InChI=1S/C18H32N4O3/c1-5-12(3)19-17(24)16-8-7-14-9-10-21(6-2)11-15(20-13(4)23)18(25)22(14)16/h12,14-16H,5-11H2,1-4H3,(H,19,24)(H,20,23)/t12-,14+,15-,16-/m0/s1. The van der Waals surface area contributed by atoms with Gasteiger partial charge in [-0.05, 0) is 39.2 Å². The fraction of sp³-hybridized carbons (Fsp3) is 0.833. The van der Waals surface area contributed by atoms with E-state index in [1.165, 1.54) is 6.92 Å². The monoisotopic (exact) mass is 352 g/mol. The van der Waals surface area contributed by atoms with Gasteiger partial charge < -0.3 is 20.4 Å². The van der Waals surface area contributed by atoms with Crippen molar-refractivity contribution in [2.45, 2.75) is 77.5 Å². The summed E-state index contributed by atoms with van der Waals surface area (Å²) in [7, 11) is 0. The van der Waals surface area contributed by atoms with Crippen LogP contribution in [0.5, 0.6) is 0 Å². The molecule has 2 aliphatic rings. The third kappa shape index (κ3) is 4.71. The third-order valence-electron chi connectivity index (χ3n) is 5.40. The first-order valence-corrected chi connectivity index (χ1v) is 9.49. The molecule has 0 radical (unpaired) electrons. The van der Waals surface area contributed by atoms with Crippen molar-refractivity contribution in [1.82, 2.24) is 20.4 Å². The Morgan fingerprint density at radius 3 is 2.56 bits per heavy atom. The van der Waals surface area contributed by atoms with Crippen LogP contribution < -0.4 is 10.6 Å². The first kappa shape index (κ1) is 19.7. The zero-order valence-electron chi connectivity index (χ0n) is 15.9. The van der Waals surface area contributed by atoms with Gasteiger partial charge in [0.2, 0.25) is 17.7 Å². The zero-order valence-corrected chi connectivity index (χ0v) is 15.9. The summed E-state index contributed by atoms with van der Waals surface area (Å²) in [5.41, 5.74) is 0. The molecule has 0 aromatic heterocycles. The molecule has 25 heavy (non-hydrogen) atoms. The molecule has 0 aromatic rings. The Labute approximate surface area is 150 Å². The summed E-state index contributed by atoms with van der Waals surface area (Å²) in [5.74, 6) is -0.411. The average Bonchev–Trinajstić information content (AvgIpc) is 2.98. The molecule has 3 amide bonds. The summed E-state index contributed by atoms with van der Waals surface area (Å²) in [4.78, 5) is 41.3. The smallest absolute Gasteiger partial charge is 0.247 e. The molecule has 2 N–H and O–H groups in total. The highest BCUT2D eigenvalue weighted by Gasteiger charge is 2.44. The Morgan fingerprint density at radius 2 is 1.96 bits per heavy atom. The van der Waals surface area contributed by atoms with E-state index in [-0.39, 0.29) is 29.8 Å². The molecule has 0 saturated carbocycles. The van der Waals surface area contributed by atoms with Crippen LogP contribution in [-0.2, 0) is 14.4 Å². The van der Waals surface area contributed by atoms with Crippen molar-refractivity contribution in [3.63, 3.8) is 0 Å². The van der Waals surface area contributed by atoms with Gasteiger partial charge in [0.15, 0.2) is 0 Å². The number of carbonyl (C=O) groups is 3. The van der Waals surface area contributed by atoms with Crippen molar-refractivity contribution in [1.29, 1.82) is 0 Å². The summed E-state index contributed by atoms with van der Waals surface area (Å²) in [6, 6.07) is -0.836. The number of rotatable bonds is 5. The van der Waals surface area contributed by atoms with Crippen molar-refractivity contribution in [2.75, 3.05) is 19.6 Å². The normalized spacial score (nSPS) is 28.7. The largest absolute Gasteiger partial charge is 0.352 e. The van der Waals surface area contributed by atoms with Gasteiger partial charge >= 0.3 is 0 Å². The predicted molar refractivity (Wildman–Crippen MR) is 95.9 cm³/mol. The minimum absolute atomic E-state index is 0.0697. The van der Waals surface area contributed by atoms with Crippen molar-refractivity contribution >= 4 is 17.7 Å². The van der Waals surface area contributed by atoms with Crippen LogP contribution in [0.1, 0.15) is 53.4 Å². The van der Waals surface area contributed by atoms with Crippen molar-refractivity contribution in [3.05, 3.63) is 0 Å². The Hall–Kier alpha value is -1.63.